The molecule has 0 saturated heterocycles. The lowest BCUT2D eigenvalue weighted by Gasteiger charge is -2.34. The molecule has 7 nitrogen and oxygen atoms in total. The van der Waals surface area contributed by atoms with Crippen molar-refractivity contribution in [2.75, 3.05) is 11.6 Å². The van der Waals surface area contributed by atoms with Gasteiger partial charge in [-0.15, -0.1) is 10.2 Å². The second-order valence-corrected chi connectivity index (χ2v) is 11.0. The first-order valence-electron chi connectivity index (χ1n) is 11.1. The first-order valence-corrected chi connectivity index (χ1v) is 13.0. The lowest BCUT2D eigenvalue weighted by atomic mass is 9.76. The fourth-order valence-electron chi connectivity index (χ4n) is 3.93. The van der Waals surface area contributed by atoms with Crippen molar-refractivity contribution < 1.29 is 40.1 Å². The molecule has 1 unspecified atom stereocenters. The Balaban J connectivity index is 1.76. The van der Waals surface area contributed by atoms with Crippen LogP contribution in [0.1, 0.15) is 46.4 Å². The summed E-state index contributed by atoms with van der Waals surface area (Å²) in [6, 6.07) is 7.13. The minimum absolute atomic E-state index is 0.00582. The first kappa shape index (κ1) is 27.4. The molecule has 1 atom stereocenters. The third kappa shape index (κ3) is 5.17. The average Bonchev–Trinajstić information content (AvgIpc) is 2.79. The first-order chi connectivity index (χ1) is 17.6. The molecule has 3 aromatic rings. The van der Waals surface area contributed by atoms with Crippen molar-refractivity contribution in [3.8, 4) is 11.6 Å². The number of rotatable bonds is 6. The third-order valence-corrected chi connectivity index (χ3v) is 7.26. The maximum atomic E-state index is 14.8. The maximum Gasteiger partial charge on any atom is 0.435 e. The van der Waals surface area contributed by atoms with Gasteiger partial charge in [0.25, 0.3) is 11.8 Å². The summed E-state index contributed by atoms with van der Waals surface area (Å²) in [4.78, 5) is 13.2. The van der Waals surface area contributed by atoms with Crippen LogP contribution in [0.25, 0.3) is 0 Å². The van der Waals surface area contributed by atoms with Crippen molar-refractivity contribution in [1.29, 1.82) is 4.78 Å². The Morgan fingerprint density at radius 1 is 1.13 bits per heavy atom. The molecule has 38 heavy (non-hydrogen) atoms. The SMILES string of the molecule is Cc1c(C(F)(F)F)nnc(Oc2ccc(C3(F)CCC3)c(F)c2F)c1C(=O)Nc1cccc(S(C)(=N)=O)c1. The minimum atomic E-state index is -5.01. The van der Waals surface area contributed by atoms with E-state index in [0.717, 1.165) is 25.3 Å². The fraction of sp³-hybridized carbons (Fsp3) is 0.292. The number of carbonyl (C=O) groups is 1. The molecule has 1 amide bonds. The summed E-state index contributed by atoms with van der Waals surface area (Å²) in [5.41, 5.74) is -5.58. The monoisotopic (exact) mass is 558 g/mol. The van der Waals surface area contributed by atoms with Gasteiger partial charge in [0.05, 0.1) is 9.73 Å². The van der Waals surface area contributed by atoms with Gasteiger partial charge in [0.2, 0.25) is 5.82 Å². The molecular formula is C24H20F6N4O3S. The van der Waals surface area contributed by atoms with E-state index in [-0.39, 0.29) is 23.4 Å². The highest BCUT2D eigenvalue weighted by Crippen LogP contribution is 2.47. The standard InChI is InChI=1S/C24H20F6N4O3S/c1-12-17(21(35)32-13-5-3-6-14(11-13)38(2,31)36)22(34-33-20(12)24(28,29)30)37-16-8-7-15(18(25)19(16)26)23(27)9-4-10-23/h3,5-8,11,31H,4,9-10H2,1-2H3,(H,32,35). The predicted molar refractivity (Wildman–Crippen MR) is 124 cm³/mol. The van der Waals surface area contributed by atoms with Gasteiger partial charge < -0.3 is 10.1 Å². The van der Waals surface area contributed by atoms with Crippen molar-refractivity contribution in [3.63, 3.8) is 0 Å². The van der Waals surface area contributed by atoms with Gasteiger partial charge in [-0.25, -0.2) is 17.8 Å². The number of alkyl halides is 4. The number of nitrogens with one attached hydrogen (secondary N) is 2. The van der Waals surface area contributed by atoms with E-state index in [1.54, 1.807) is 0 Å². The fourth-order valence-corrected chi connectivity index (χ4v) is 4.62. The van der Waals surface area contributed by atoms with E-state index in [1.165, 1.54) is 24.3 Å². The van der Waals surface area contributed by atoms with Gasteiger partial charge in [-0.3, -0.25) is 4.79 Å². The summed E-state index contributed by atoms with van der Waals surface area (Å²) in [6.45, 7) is 0.919. The van der Waals surface area contributed by atoms with E-state index in [4.69, 9.17) is 9.52 Å². The lowest BCUT2D eigenvalue weighted by Crippen LogP contribution is -2.30. The van der Waals surface area contributed by atoms with Gasteiger partial charge in [-0.2, -0.15) is 17.6 Å². The number of halogens is 6. The summed E-state index contributed by atoms with van der Waals surface area (Å²) in [6.07, 6.45) is -3.37. The third-order valence-electron chi connectivity index (χ3n) is 6.10. The van der Waals surface area contributed by atoms with Crippen LogP contribution in [0.15, 0.2) is 41.3 Å². The number of hydrogen-bond donors (Lipinski definition) is 2. The van der Waals surface area contributed by atoms with Crippen LogP contribution < -0.4 is 10.1 Å². The molecule has 2 N–H and O–H groups in total. The number of carbonyl (C=O) groups excluding carboxylic acids is 1. The molecule has 202 valence electrons. The van der Waals surface area contributed by atoms with Crippen molar-refractivity contribution in [3.05, 3.63) is 70.4 Å². The molecule has 14 heteroatoms. The molecule has 2 aromatic carbocycles. The molecule has 4 rings (SSSR count). The van der Waals surface area contributed by atoms with E-state index in [9.17, 15) is 35.3 Å². The van der Waals surface area contributed by atoms with Crippen molar-refractivity contribution in [2.24, 2.45) is 0 Å². The molecule has 1 aliphatic rings. The largest absolute Gasteiger partial charge is 0.435 e. The molecule has 1 aliphatic carbocycles. The zero-order valence-electron chi connectivity index (χ0n) is 19.9. The summed E-state index contributed by atoms with van der Waals surface area (Å²) in [5, 5.41) is 8.66. The lowest BCUT2D eigenvalue weighted by molar-refractivity contribution is -0.142. The van der Waals surface area contributed by atoms with Gasteiger partial charge in [0.1, 0.15) is 11.2 Å². The number of hydrogen-bond acceptors (Lipinski definition) is 6. The Morgan fingerprint density at radius 3 is 2.39 bits per heavy atom. The Labute approximate surface area is 213 Å². The van der Waals surface area contributed by atoms with Crippen LogP contribution in [0.3, 0.4) is 0 Å². The van der Waals surface area contributed by atoms with Crippen molar-refractivity contribution in [2.45, 2.75) is 42.9 Å². The van der Waals surface area contributed by atoms with E-state index in [1.807, 2.05) is 0 Å². The van der Waals surface area contributed by atoms with Gasteiger partial charge >= 0.3 is 6.18 Å². The Hall–Kier alpha value is -3.68. The molecular weight excluding hydrogens is 538 g/mol. The summed E-state index contributed by atoms with van der Waals surface area (Å²) in [5.74, 6) is -6.04. The van der Waals surface area contributed by atoms with Crippen LogP contribution >= 0.6 is 0 Å². The topological polar surface area (TPSA) is 105 Å². The maximum absolute atomic E-state index is 14.8. The Bertz CT molecular complexity index is 1540. The van der Waals surface area contributed by atoms with Gasteiger partial charge in [0.15, 0.2) is 17.3 Å². The van der Waals surface area contributed by atoms with Crippen LogP contribution in [0.5, 0.6) is 11.6 Å². The number of amides is 1. The van der Waals surface area contributed by atoms with Crippen LogP contribution in [0.2, 0.25) is 0 Å². The Kier molecular flexibility index (Phi) is 6.89. The zero-order chi connectivity index (χ0) is 28.0. The van der Waals surface area contributed by atoms with Crippen molar-refractivity contribution >= 4 is 21.3 Å². The number of anilines is 1. The number of nitrogens with zero attached hydrogens (tertiary/aromatic N) is 2. The quantitative estimate of drug-likeness (QED) is 0.336. The van der Waals surface area contributed by atoms with Gasteiger partial charge in [-0.05, 0) is 62.1 Å². The highest BCUT2D eigenvalue weighted by Gasteiger charge is 2.42. The molecule has 0 spiro atoms. The van der Waals surface area contributed by atoms with Crippen LogP contribution in [-0.2, 0) is 21.6 Å². The molecule has 1 saturated carbocycles. The number of benzene rings is 2. The van der Waals surface area contributed by atoms with E-state index >= 15 is 0 Å². The van der Waals surface area contributed by atoms with E-state index in [2.05, 4.69) is 15.5 Å². The summed E-state index contributed by atoms with van der Waals surface area (Å²) < 4.78 is 110. The molecule has 1 aromatic heterocycles. The molecule has 0 bridgehead atoms. The van der Waals surface area contributed by atoms with Crippen molar-refractivity contribution in [1.82, 2.24) is 10.2 Å². The average molecular weight is 559 g/mol. The highest BCUT2D eigenvalue weighted by atomic mass is 32.2. The zero-order valence-corrected chi connectivity index (χ0v) is 20.7. The second kappa shape index (κ2) is 9.57. The summed E-state index contributed by atoms with van der Waals surface area (Å²) >= 11 is 0. The molecule has 0 radical (unpaired) electrons. The highest BCUT2D eigenvalue weighted by molar-refractivity contribution is 7.91. The van der Waals surface area contributed by atoms with Gasteiger partial charge in [-0.1, -0.05) is 6.07 Å². The van der Waals surface area contributed by atoms with Crippen LogP contribution in [0, 0.1) is 23.3 Å². The van der Waals surface area contributed by atoms with E-state index < -0.39 is 73.1 Å². The molecule has 1 heterocycles. The van der Waals surface area contributed by atoms with E-state index in [0.29, 0.717) is 6.42 Å². The summed E-state index contributed by atoms with van der Waals surface area (Å²) in [7, 11) is -3.18. The minimum Gasteiger partial charge on any atom is -0.434 e. The predicted octanol–water partition coefficient (Wildman–Crippen LogP) is 6.51. The smallest absolute Gasteiger partial charge is 0.434 e. The van der Waals surface area contributed by atoms with Crippen LogP contribution in [0.4, 0.5) is 32.0 Å². The number of aromatic nitrogens is 2. The second-order valence-electron chi connectivity index (χ2n) is 8.84. The number of ether oxygens (including phenoxy) is 1. The van der Waals surface area contributed by atoms with Crippen LogP contribution in [-0.4, -0.2) is 26.6 Å². The molecule has 1 fully saturated rings. The van der Waals surface area contributed by atoms with Gasteiger partial charge in [0, 0.05) is 22.4 Å². The normalized spacial score (nSPS) is 16.3. The Morgan fingerprint density at radius 2 is 1.82 bits per heavy atom. The molecule has 0 aliphatic heterocycles.